The molecule has 0 saturated carbocycles. The van der Waals surface area contributed by atoms with Crippen molar-refractivity contribution >= 4 is 23.6 Å². The van der Waals surface area contributed by atoms with Crippen LogP contribution >= 0.6 is 0 Å². The van der Waals surface area contributed by atoms with Crippen LogP contribution in [0, 0.1) is 0 Å². The topological polar surface area (TPSA) is 109 Å². The molecule has 0 saturated heterocycles. The Morgan fingerprint density at radius 3 is 2.00 bits per heavy atom. The number of carbonyl (C=O) groups excluding carboxylic acids is 3. The van der Waals surface area contributed by atoms with Crippen molar-refractivity contribution in [1.82, 2.24) is 0 Å². The second-order valence-electron chi connectivity index (χ2n) is 4.86. The molecule has 1 N–H and O–H groups in total. The van der Waals surface area contributed by atoms with Gasteiger partial charge in [0.1, 0.15) is 11.3 Å². The molecule has 148 valence electrons. The molecule has 1 aromatic carbocycles. The molecule has 0 bridgehead atoms. The van der Waals surface area contributed by atoms with Crippen LogP contribution in [0.2, 0.25) is 0 Å². The van der Waals surface area contributed by atoms with E-state index in [0.717, 1.165) is 6.20 Å². The van der Waals surface area contributed by atoms with Gasteiger partial charge in [-0.1, -0.05) is 0 Å². The molecule has 0 aromatic heterocycles. The van der Waals surface area contributed by atoms with Gasteiger partial charge >= 0.3 is 17.9 Å². The van der Waals surface area contributed by atoms with Crippen LogP contribution in [0.15, 0.2) is 23.9 Å². The Hall–Kier alpha value is -3.23. The number of benzene rings is 1. The Labute approximate surface area is 157 Å². The fourth-order valence-corrected chi connectivity index (χ4v) is 2.12. The maximum atomic E-state index is 12.1. The highest BCUT2D eigenvalue weighted by atomic mass is 16.6. The van der Waals surface area contributed by atoms with Crippen LogP contribution < -0.4 is 14.8 Å². The van der Waals surface area contributed by atoms with E-state index in [2.05, 4.69) is 5.32 Å². The molecule has 1 rings (SSSR count). The van der Waals surface area contributed by atoms with Crippen molar-refractivity contribution in [2.45, 2.75) is 13.8 Å². The monoisotopic (exact) mass is 381 g/mol. The summed E-state index contributed by atoms with van der Waals surface area (Å²) < 4.78 is 24.9. The molecule has 0 aliphatic rings. The predicted molar refractivity (Wildman–Crippen MR) is 95.9 cm³/mol. The van der Waals surface area contributed by atoms with E-state index >= 15 is 0 Å². The van der Waals surface area contributed by atoms with Gasteiger partial charge in [-0.15, -0.1) is 0 Å². The van der Waals surface area contributed by atoms with Crippen molar-refractivity contribution in [3.8, 4) is 11.5 Å². The summed E-state index contributed by atoms with van der Waals surface area (Å²) >= 11 is 0. The van der Waals surface area contributed by atoms with E-state index in [1.54, 1.807) is 19.9 Å². The quantitative estimate of drug-likeness (QED) is 0.225. The van der Waals surface area contributed by atoms with Crippen LogP contribution in [-0.4, -0.2) is 52.5 Å². The van der Waals surface area contributed by atoms with Crippen molar-refractivity contribution < 1.29 is 38.1 Å². The van der Waals surface area contributed by atoms with Crippen molar-refractivity contribution in [2.75, 3.05) is 39.9 Å². The highest BCUT2D eigenvalue weighted by Gasteiger charge is 2.24. The number of ether oxygens (including phenoxy) is 5. The van der Waals surface area contributed by atoms with E-state index in [1.165, 1.54) is 27.4 Å². The normalized spacial score (nSPS) is 9.67. The molecular formula is C18H23NO8. The molecule has 9 nitrogen and oxygen atoms in total. The van der Waals surface area contributed by atoms with Gasteiger partial charge in [0.25, 0.3) is 0 Å². The Morgan fingerprint density at radius 1 is 0.963 bits per heavy atom. The number of esters is 3. The van der Waals surface area contributed by atoms with E-state index in [9.17, 15) is 14.4 Å². The third kappa shape index (κ3) is 5.37. The van der Waals surface area contributed by atoms with Crippen molar-refractivity contribution in [3.63, 3.8) is 0 Å². The van der Waals surface area contributed by atoms with E-state index in [-0.39, 0.29) is 35.8 Å². The molecule has 0 amide bonds. The number of carbonyl (C=O) groups is 3. The SMILES string of the molecule is CCOC(=O)C(=CNc1ccc(OC)c(C(=O)OC)c1OC)C(=O)OCC. The summed E-state index contributed by atoms with van der Waals surface area (Å²) in [5.74, 6) is -2.01. The van der Waals surface area contributed by atoms with Crippen LogP contribution in [0.1, 0.15) is 24.2 Å². The molecule has 0 unspecified atom stereocenters. The molecule has 0 radical (unpaired) electrons. The minimum Gasteiger partial charge on any atom is -0.496 e. The van der Waals surface area contributed by atoms with Crippen molar-refractivity contribution in [1.29, 1.82) is 0 Å². The molecule has 27 heavy (non-hydrogen) atoms. The van der Waals surface area contributed by atoms with Crippen LogP contribution in [0.3, 0.4) is 0 Å². The average molecular weight is 381 g/mol. The van der Waals surface area contributed by atoms with Gasteiger partial charge in [0.05, 0.1) is 40.2 Å². The third-order valence-electron chi connectivity index (χ3n) is 3.30. The first kappa shape index (κ1) is 21.8. The zero-order valence-electron chi connectivity index (χ0n) is 15.9. The molecule has 0 fully saturated rings. The molecule has 0 aliphatic heterocycles. The summed E-state index contributed by atoms with van der Waals surface area (Å²) in [6, 6.07) is 3.06. The summed E-state index contributed by atoms with van der Waals surface area (Å²) in [5.41, 5.74) is 0.00991. The van der Waals surface area contributed by atoms with Crippen LogP contribution in [0.4, 0.5) is 5.69 Å². The lowest BCUT2D eigenvalue weighted by atomic mass is 10.1. The van der Waals surface area contributed by atoms with Gasteiger partial charge in [-0.25, -0.2) is 14.4 Å². The zero-order chi connectivity index (χ0) is 20.4. The van der Waals surface area contributed by atoms with E-state index in [1.807, 2.05) is 0 Å². The maximum Gasteiger partial charge on any atom is 0.347 e. The van der Waals surface area contributed by atoms with Crippen molar-refractivity contribution in [2.24, 2.45) is 0 Å². The molecule has 9 heteroatoms. The van der Waals surface area contributed by atoms with Gasteiger partial charge < -0.3 is 29.0 Å². The highest BCUT2D eigenvalue weighted by Crippen LogP contribution is 2.36. The highest BCUT2D eigenvalue weighted by molar-refractivity contribution is 6.14. The summed E-state index contributed by atoms with van der Waals surface area (Å²) in [5, 5.41) is 2.76. The van der Waals surface area contributed by atoms with Gasteiger partial charge in [-0.3, -0.25) is 0 Å². The molecule has 1 aromatic rings. The average Bonchev–Trinajstić information content (AvgIpc) is 2.67. The number of anilines is 1. The Kier molecular flexibility index (Phi) is 8.64. The number of hydrogen-bond donors (Lipinski definition) is 1. The predicted octanol–water partition coefficient (Wildman–Crippen LogP) is 1.91. The minimum absolute atomic E-state index is 0.0507. The zero-order valence-corrected chi connectivity index (χ0v) is 15.9. The fraction of sp³-hybridized carbons (Fsp3) is 0.389. The van der Waals surface area contributed by atoms with Crippen LogP contribution in [0.25, 0.3) is 0 Å². The lowest BCUT2D eigenvalue weighted by Gasteiger charge is -2.15. The van der Waals surface area contributed by atoms with Gasteiger partial charge in [0.15, 0.2) is 11.3 Å². The lowest BCUT2D eigenvalue weighted by Crippen LogP contribution is -2.19. The van der Waals surface area contributed by atoms with Crippen molar-refractivity contribution in [3.05, 3.63) is 29.5 Å². The fourth-order valence-electron chi connectivity index (χ4n) is 2.12. The van der Waals surface area contributed by atoms with Gasteiger partial charge in [-0.05, 0) is 26.0 Å². The Morgan fingerprint density at radius 2 is 1.56 bits per heavy atom. The summed E-state index contributed by atoms with van der Waals surface area (Å²) in [6.07, 6.45) is 1.13. The van der Waals surface area contributed by atoms with E-state index < -0.39 is 17.9 Å². The first-order valence-corrected chi connectivity index (χ1v) is 8.09. The molecule has 0 spiro atoms. The van der Waals surface area contributed by atoms with Gasteiger partial charge in [0, 0.05) is 6.20 Å². The number of nitrogens with one attached hydrogen (secondary N) is 1. The summed E-state index contributed by atoms with van der Waals surface area (Å²) in [4.78, 5) is 36.1. The molecular weight excluding hydrogens is 358 g/mol. The first-order chi connectivity index (χ1) is 12.9. The minimum atomic E-state index is -0.843. The number of methoxy groups -OCH3 is 3. The number of rotatable bonds is 9. The maximum absolute atomic E-state index is 12.1. The Balaban J connectivity index is 3.35. The molecule has 0 atom stereocenters. The Bertz CT molecular complexity index is 706. The lowest BCUT2D eigenvalue weighted by molar-refractivity contribution is -0.146. The second-order valence-corrected chi connectivity index (χ2v) is 4.86. The summed E-state index contributed by atoms with van der Waals surface area (Å²) in [7, 11) is 3.97. The standard InChI is InChI=1S/C18H23NO8/c1-6-26-16(20)11(17(21)27-7-2)10-19-12-8-9-13(23-3)14(15(12)24-4)18(22)25-5/h8-10,19H,6-7H2,1-5H3. The van der Waals surface area contributed by atoms with Gasteiger partial charge in [-0.2, -0.15) is 0 Å². The second kappa shape index (κ2) is 10.7. The first-order valence-electron chi connectivity index (χ1n) is 8.09. The largest absolute Gasteiger partial charge is 0.496 e. The van der Waals surface area contributed by atoms with E-state index in [4.69, 9.17) is 23.7 Å². The third-order valence-corrected chi connectivity index (χ3v) is 3.30. The number of hydrogen-bond acceptors (Lipinski definition) is 9. The van der Waals surface area contributed by atoms with Gasteiger partial charge in [0.2, 0.25) is 0 Å². The summed E-state index contributed by atoms with van der Waals surface area (Å²) in [6.45, 7) is 3.41. The van der Waals surface area contributed by atoms with E-state index in [0.29, 0.717) is 5.69 Å². The smallest absolute Gasteiger partial charge is 0.347 e. The van der Waals surface area contributed by atoms with Crippen LogP contribution in [0.5, 0.6) is 11.5 Å². The molecule has 0 aliphatic carbocycles. The molecule has 0 heterocycles. The van der Waals surface area contributed by atoms with Crippen LogP contribution in [-0.2, 0) is 23.8 Å².